The van der Waals surface area contributed by atoms with Gasteiger partial charge in [-0.25, -0.2) is 0 Å². The Hall–Kier alpha value is -2.57. The first-order valence-electron chi connectivity index (χ1n) is 15.2. The fraction of sp³-hybridized carbons (Fsp3) is 0.529. The number of hydrogen-bond acceptors (Lipinski definition) is 4. The minimum atomic E-state index is -0.0397. The zero-order chi connectivity index (χ0) is 28.1. The van der Waals surface area contributed by atoms with Gasteiger partial charge >= 0.3 is 0 Å². The predicted molar refractivity (Wildman–Crippen MR) is 166 cm³/mol. The van der Waals surface area contributed by atoms with E-state index in [1.54, 1.807) is 11.8 Å². The van der Waals surface area contributed by atoms with E-state index in [1.807, 2.05) is 36.4 Å². The zero-order valence-corrected chi connectivity index (χ0v) is 25.2. The summed E-state index contributed by atoms with van der Waals surface area (Å²) in [5.41, 5.74) is 3.39. The standard InChI is InChI=1S/C34H45N3O2S/c1-24-10-7-15-28(20-24)23-37-30-22-29(33(38)35-18-9-19-36-25(2)11-8-12-26(36)3)16-17-31(30)40-32(34(37)39)21-27-13-5-4-6-14-27/h4-7,10,13-15,20-21,25-26,29-31H,8-9,11-12,16-19,22-23H2,1-3H3,(H,35,38)/b32-21-. The lowest BCUT2D eigenvalue weighted by Gasteiger charge is -2.46. The Morgan fingerprint density at radius 2 is 1.80 bits per heavy atom. The lowest BCUT2D eigenvalue weighted by molar-refractivity contribution is -0.133. The normalized spacial score (nSPS) is 28.4. The highest BCUT2D eigenvalue weighted by atomic mass is 32.2. The van der Waals surface area contributed by atoms with Crippen LogP contribution in [0.25, 0.3) is 6.08 Å². The van der Waals surface area contributed by atoms with Gasteiger partial charge in [0.25, 0.3) is 5.91 Å². The van der Waals surface area contributed by atoms with Gasteiger partial charge < -0.3 is 10.2 Å². The molecule has 2 aliphatic heterocycles. The van der Waals surface area contributed by atoms with Crippen molar-refractivity contribution in [2.75, 3.05) is 13.1 Å². The zero-order valence-electron chi connectivity index (χ0n) is 24.4. The van der Waals surface area contributed by atoms with Gasteiger partial charge in [-0.15, -0.1) is 11.8 Å². The number of benzene rings is 2. The molecule has 5 unspecified atom stereocenters. The van der Waals surface area contributed by atoms with Gasteiger partial charge in [0.1, 0.15) is 0 Å². The lowest BCUT2D eigenvalue weighted by Crippen LogP contribution is -2.53. The summed E-state index contributed by atoms with van der Waals surface area (Å²) < 4.78 is 0. The maximum absolute atomic E-state index is 13.9. The molecule has 2 saturated heterocycles. The van der Waals surface area contributed by atoms with Gasteiger partial charge in [-0.2, -0.15) is 0 Å². The molecule has 5 rings (SSSR count). The second-order valence-corrected chi connectivity index (χ2v) is 13.4. The van der Waals surface area contributed by atoms with Gasteiger partial charge in [0.05, 0.1) is 4.91 Å². The molecule has 5 nitrogen and oxygen atoms in total. The molecule has 1 aliphatic carbocycles. The van der Waals surface area contributed by atoms with Gasteiger partial charge in [0.15, 0.2) is 0 Å². The van der Waals surface area contributed by atoms with Gasteiger partial charge in [0, 0.05) is 48.9 Å². The van der Waals surface area contributed by atoms with E-state index in [1.165, 1.54) is 24.8 Å². The molecule has 214 valence electrons. The smallest absolute Gasteiger partial charge is 0.260 e. The van der Waals surface area contributed by atoms with Crippen LogP contribution >= 0.6 is 11.8 Å². The fourth-order valence-corrected chi connectivity index (χ4v) is 8.27. The molecule has 2 aromatic carbocycles. The van der Waals surface area contributed by atoms with Gasteiger partial charge in [-0.05, 0) is 76.5 Å². The maximum Gasteiger partial charge on any atom is 0.260 e. The third-order valence-electron chi connectivity index (χ3n) is 9.08. The van der Waals surface area contributed by atoms with Gasteiger partial charge in [-0.1, -0.05) is 66.6 Å². The molecule has 5 atom stereocenters. The molecule has 0 spiro atoms. The average Bonchev–Trinajstić information content (AvgIpc) is 2.95. The van der Waals surface area contributed by atoms with Crippen molar-refractivity contribution < 1.29 is 9.59 Å². The number of rotatable bonds is 8. The van der Waals surface area contributed by atoms with Gasteiger partial charge in [-0.3, -0.25) is 14.5 Å². The first-order valence-corrected chi connectivity index (χ1v) is 16.1. The Bertz CT molecular complexity index is 1190. The number of carbonyl (C=O) groups excluding carboxylic acids is 2. The van der Waals surface area contributed by atoms with E-state index in [-0.39, 0.29) is 23.8 Å². The second kappa shape index (κ2) is 13.4. The summed E-state index contributed by atoms with van der Waals surface area (Å²) in [4.78, 5) is 32.7. The van der Waals surface area contributed by atoms with Crippen LogP contribution in [0.15, 0.2) is 59.5 Å². The number of thioether (sulfide) groups is 1. The Balaban J connectivity index is 1.24. The monoisotopic (exact) mass is 559 g/mol. The molecule has 3 fully saturated rings. The van der Waals surface area contributed by atoms with E-state index in [2.05, 4.69) is 60.2 Å². The predicted octanol–water partition coefficient (Wildman–Crippen LogP) is 6.42. The molecule has 2 aromatic rings. The summed E-state index contributed by atoms with van der Waals surface area (Å²) >= 11 is 1.72. The van der Waals surface area contributed by atoms with Gasteiger partial charge in [0.2, 0.25) is 5.91 Å². The van der Waals surface area contributed by atoms with Crippen molar-refractivity contribution in [1.82, 2.24) is 15.1 Å². The number of nitrogens with one attached hydrogen (secondary N) is 1. The molecule has 0 radical (unpaired) electrons. The van der Waals surface area contributed by atoms with Crippen LogP contribution in [0.2, 0.25) is 0 Å². The van der Waals surface area contributed by atoms with Crippen molar-refractivity contribution in [2.45, 2.75) is 95.6 Å². The summed E-state index contributed by atoms with van der Waals surface area (Å²) in [5, 5.41) is 3.56. The van der Waals surface area contributed by atoms with Crippen molar-refractivity contribution in [3.63, 3.8) is 0 Å². The molecule has 0 aromatic heterocycles. The van der Waals surface area contributed by atoms with E-state index in [4.69, 9.17) is 0 Å². The summed E-state index contributed by atoms with van der Waals surface area (Å²) in [5.74, 6) is 0.210. The van der Waals surface area contributed by atoms with E-state index in [9.17, 15) is 9.59 Å². The molecule has 2 heterocycles. The van der Waals surface area contributed by atoms with E-state index in [0.717, 1.165) is 54.8 Å². The third-order valence-corrected chi connectivity index (χ3v) is 10.5. The summed E-state index contributed by atoms with van der Waals surface area (Å²) in [6, 6.07) is 19.9. The number of fused-ring (bicyclic) bond motifs is 1. The van der Waals surface area contributed by atoms with E-state index >= 15 is 0 Å². The summed E-state index contributed by atoms with van der Waals surface area (Å²) in [6.45, 7) is 9.11. The number of likely N-dealkylation sites (tertiary alicyclic amines) is 1. The molecule has 2 amide bonds. The molecule has 1 N–H and O–H groups in total. The number of piperidine rings is 1. The molecular weight excluding hydrogens is 514 g/mol. The first kappa shape index (κ1) is 28.9. The molecule has 0 bridgehead atoms. The number of hydrogen-bond donors (Lipinski definition) is 1. The number of nitrogens with zero attached hydrogens (tertiary/aromatic N) is 2. The van der Waals surface area contributed by atoms with Crippen LogP contribution in [0.4, 0.5) is 0 Å². The number of aryl methyl sites for hydroxylation is 1. The summed E-state index contributed by atoms with van der Waals surface area (Å²) in [7, 11) is 0. The van der Waals surface area contributed by atoms with Crippen LogP contribution in [0.3, 0.4) is 0 Å². The van der Waals surface area contributed by atoms with Crippen molar-refractivity contribution in [3.8, 4) is 0 Å². The van der Waals surface area contributed by atoms with Crippen LogP contribution in [-0.2, 0) is 16.1 Å². The number of amides is 2. The molecule has 40 heavy (non-hydrogen) atoms. The van der Waals surface area contributed by atoms with E-state index < -0.39 is 0 Å². The van der Waals surface area contributed by atoms with Crippen molar-refractivity contribution >= 4 is 29.7 Å². The SMILES string of the molecule is Cc1cccc(CN2C(=O)/C(=C/c3ccccc3)SC3CCC(C(=O)NCCCN4C(C)CCCC4C)CC32)c1. The van der Waals surface area contributed by atoms with Crippen LogP contribution in [-0.4, -0.2) is 58.1 Å². The summed E-state index contributed by atoms with van der Waals surface area (Å²) in [6.07, 6.45) is 9.46. The number of carbonyl (C=O) groups is 2. The third kappa shape index (κ3) is 7.01. The highest BCUT2D eigenvalue weighted by molar-refractivity contribution is 8.04. The first-order chi connectivity index (χ1) is 19.4. The molecule has 6 heteroatoms. The maximum atomic E-state index is 13.9. The van der Waals surface area contributed by atoms with Crippen LogP contribution in [0, 0.1) is 12.8 Å². The largest absolute Gasteiger partial charge is 0.356 e. The average molecular weight is 560 g/mol. The molecular formula is C34H45N3O2S. The van der Waals surface area contributed by atoms with Crippen LogP contribution < -0.4 is 5.32 Å². The van der Waals surface area contributed by atoms with Crippen molar-refractivity contribution in [1.29, 1.82) is 0 Å². The minimum Gasteiger partial charge on any atom is -0.356 e. The van der Waals surface area contributed by atoms with Crippen LogP contribution in [0.5, 0.6) is 0 Å². The minimum absolute atomic E-state index is 0.0397. The topological polar surface area (TPSA) is 52.7 Å². The molecule has 3 aliphatic rings. The Morgan fingerprint density at radius 3 is 2.55 bits per heavy atom. The Kier molecular flexibility index (Phi) is 9.69. The van der Waals surface area contributed by atoms with Crippen LogP contribution in [0.1, 0.15) is 75.5 Å². The Labute approximate surface area is 244 Å². The second-order valence-electron chi connectivity index (χ2n) is 12.1. The highest BCUT2D eigenvalue weighted by Gasteiger charge is 2.44. The molecule has 1 saturated carbocycles. The highest BCUT2D eigenvalue weighted by Crippen LogP contribution is 2.44. The quantitative estimate of drug-likeness (QED) is 0.300. The van der Waals surface area contributed by atoms with Crippen molar-refractivity contribution in [2.24, 2.45) is 5.92 Å². The van der Waals surface area contributed by atoms with E-state index in [0.29, 0.717) is 23.9 Å². The lowest BCUT2D eigenvalue weighted by atomic mass is 9.83. The van der Waals surface area contributed by atoms with Crippen molar-refractivity contribution in [3.05, 3.63) is 76.2 Å². The Morgan fingerprint density at radius 1 is 1.02 bits per heavy atom. The fourth-order valence-electron chi connectivity index (χ4n) is 6.85.